The molecule has 43 heavy (non-hydrogen) atoms. The van der Waals surface area contributed by atoms with Crippen molar-refractivity contribution in [2.24, 2.45) is 0 Å². The average Bonchev–Trinajstić information content (AvgIpc) is 3.53. The summed E-state index contributed by atoms with van der Waals surface area (Å²) in [6.45, 7) is 15.8. The molecule has 0 amide bonds. The maximum absolute atomic E-state index is 5.92. The molecule has 0 atom stereocenters. The van der Waals surface area contributed by atoms with Crippen molar-refractivity contribution >= 4 is 32.7 Å². The molecule has 0 saturated carbocycles. The van der Waals surface area contributed by atoms with E-state index in [1.165, 1.54) is 16.3 Å². The summed E-state index contributed by atoms with van der Waals surface area (Å²) < 4.78 is 11.4. The second-order valence-electron chi connectivity index (χ2n) is 12.0. The molecule has 1 aliphatic heterocycles. The highest BCUT2D eigenvalue weighted by atomic mass is 16.5. The number of fused-ring (bicyclic) bond motifs is 4. The van der Waals surface area contributed by atoms with Gasteiger partial charge in [-0.25, -0.2) is 9.97 Å². The lowest BCUT2D eigenvalue weighted by Gasteiger charge is -2.37. The van der Waals surface area contributed by atoms with E-state index >= 15 is 0 Å². The van der Waals surface area contributed by atoms with E-state index in [1.807, 2.05) is 20.8 Å². The zero-order valence-electron chi connectivity index (χ0n) is 25.8. The second kappa shape index (κ2) is 10.8. The van der Waals surface area contributed by atoms with E-state index in [1.54, 1.807) is 7.11 Å². The number of rotatable bonds is 6. The third-order valence-electron chi connectivity index (χ3n) is 8.99. The molecule has 3 aromatic heterocycles. The fourth-order valence-electron chi connectivity index (χ4n) is 6.75. The third kappa shape index (κ3) is 4.75. The lowest BCUT2D eigenvalue weighted by molar-refractivity contribution is 0.104. The minimum absolute atomic E-state index is 0.599. The average molecular weight is 575 g/mol. The molecule has 8 heteroatoms. The Morgan fingerprint density at radius 3 is 2.37 bits per heavy atom. The molecular weight excluding hydrogens is 536 g/mol. The first-order valence-corrected chi connectivity index (χ1v) is 15.1. The van der Waals surface area contributed by atoms with E-state index in [4.69, 9.17) is 19.2 Å². The van der Waals surface area contributed by atoms with Gasteiger partial charge in [0.2, 0.25) is 0 Å². The molecule has 0 unspecified atom stereocenters. The zero-order valence-corrected chi connectivity index (χ0v) is 25.8. The molecule has 4 heterocycles. The van der Waals surface area contributed by atoms with Gasteiger partial charge in [0.05, 0.1) is 29.4 Å². The van der Waals surface area contributed by atoms with Crippen molar-refractivity contribution < 1.29 is 9.26 Å². The number of benzene rings is 3. The Hall–Kier alpha value is -4.27. The topological polar surface area (TPSA) is 83.3 Å². The van der Waals surface area contributed by atoms with Crippen LogP contribution in [0.4, 0.5) is 0 Å². The Kier molecular flexibility index (Phi) is 6.91. The van der Waals surface area contributed by atoms with Crippen molar-refractivity contribution in [2.45, 2.75) is 47.2 Å². The lowest BCUT2D eigenvalue weighted by atomic mass is 9.95. The molecule has 1 fully saturated rings. The van der Waals surface area contributed by atoms with Gasteiger partial charge in [-0.15, -0.1) is 0 Å². The van der Waals surface area contributed by atoms with Gasteiger partial charge < -0.3 is 14.2 Å². The first kappa shape index (κ1) is 27.6. The quantitative estimate of drug-likeness (QED) is 0.228. The summed E-state index contributed by atoms with van der Waals surface area (Å²) in [5, 5.41) is 8.66. The summed E-state index contributed by atoms with van der Waals surface area (Å²) in [6, 6.07) is 18.1. The number of ether oxygens (including phenoxy) is 1. The van der Waals surface area contributed by atoms with Crippen molar-refractivity contribution in [2.75, 3.05) is 33.3 Å². The molecule has 0 bridgehead atoms. The second-order valence-corrected chi connectivity index (χ2v) is 12.0. The van der Waals surface area contributed by atoms with Gasteiger partial charge in [0.1, 0.15) is 23.0 Å². The number of aromatic amines is 1. The van der Waals surface area contributed by atoms with Crippen molar-refractivity contribution in [3.05, 3.63) is 71.4 Å². The number of H-pyrrole nitrogens is 1. The van der Waals surface area contributed by atoms with Crippen LogP contribution in [0.5, 0.6) is 5.75 Å². The molecule has 7 rings (SSSR count). The number of nitrogens with zero attached hydrogens (tertiary/aromatic N) is 5. The van der Waals surface area contributed by atoms with E-state index in [-0.39, 0.29) is 0 Å². The van der Waals surface area contributed by atoms with Gasteiger partial charge in [-0.2, -0.15) is 0 Å². The summed E-state index contributed by atoms with van der Waals surface area (Å²) in [7, 11) is 1.70. The minimum atomic E-state index is 0.599. The van der Waals surface area contributed by atoms with Crippen molar-refractivity contribution in [3.63, 3.8) is 0 Å². The summed E-state index contributed by atoms with van der Waals surface area (Å²) in [6.07, 6.45) is 0. The van der Waals surface area contributed by atoms with Crippen LogP contribution in [0.15, 0.2) is 53.1 Å². The van der Waals surface area contributed by atoms with Crippen LogP contribution in [0, 0.1) is 20.8 Å². The van der Waals surface area contributed by atoms with E-state index in [2.05, 4.69) is 82.3 Å². The molecule has 1 saturated heterocycles. The van der Waals surface area contributed by atoms with Crippen LogP contribution in [0.3, 0.4) is 0 Å². The Morgan fingerprint density at radius 2 is 1.67 bits per heavy atom. The summed E-state index contributed by atoms with van der Waals surface area (Å²) in [5.74, 6) is 2.24. The third-order valence-corrected chi connectivity index (χ3v) is 8.99. The number of piperazine rings is 1. The Bertz CT molecular complexity index is 1960. The SMILES string of the molecule is COc1cc2c(cc1-c1c(C)noc1C)[nH]c1nc(C)nc(-c3ccc(CN4CCN(C(C)C)CC4)c4ccccc34)c12. The fourth-order valence-corrected chi connectivity index (χ4v) is 6.75. The summed E-state index contributed by atoms with van der Waals surface area (Å²) in [5.41, 5.74) is 7.88. The molecule has 0 aliphatic carbocycles. The Balaban J connectivity index is 1.36. The maximum atomic E-state index is 5.92. The van der Waals surface area contributed by atoms with Gasteiger partial charge in [-0.1, -0.05) is 41.6 Å². The maximum Gasteiger partial charge on any atom is 0.142 e. The van der Waals surface area contributed by atoms with Gasteiger partial charge in [0, 0.05) is 60.8 Å². The number of aryl methyl sites for hydroxylation is 3. The number of nitrogens with one attached hydrogen (secondary N) is 1. The van der Waals surface area contributed by atoms with Crippen LogP contribution in [0.2, 0.25) is 0 Å². The number of aromatic nitrogens is 4. The predicted molar refractivity (Wildman–Crippen MR) is 173 cm³/mol. The first-order valence-electron chi connectivity index (χ1n) is 15.1. The van der Waals surface area contributed by atoms with Crippen LogP contribution in [-0.4, -0.2) is 69.2 Å². The van der Waals surface area contributed by atoms with Gasteiger partial charge in [0.25, 0.3) is 0 Å². The van der Waals surface area contributed by atoms with E-state index in [9.17, 15) is 0 Å². The fraction of sp³-hybridized carbons (Fsp3) is 0.343. The molecule has 3 aromatic carbocycles. The van der Waals surface area contributed by atoms with Gasteiger partial charge in [0.15, 0.2) is 0 Å². The van der Waals surface area contributed by atoms with E-state index in [0.717, 1.165) is 100 Å². The van der Waals surface area contributed by atoms with Gasteiger partial charge in [-0.3, -0.25) is 9.80 Å². The molecule has 0 radical (unpaired) electrons. The molecule has 6 aromatic rings. The minimum Gasteiger partial charge on any atom is -0.496 e. The lowest BCUT2D eigenvalue weighted by Crippen LogP contribution is -2.48. The normalized spacial score (nSPS) is 15.0. The highest BCUT2D eigenvalue weighted by Crippen LogP contribution is 2.42. The van der Waals surface area contributed by atoms with E-state index in [0.29, 0.717) is 6.04 Å². The number of methoxy groups -OCH3 is 1. The van der Waals surface area contributed by atoms with Crippen LogP contribution >= 0.6 is 0 Å². The molecule has 1 N–H and O–H groups in total. The summed E-state index contributed by atoms with van der Waals surface area (Å²) >= 11 is 0. The summed E-state index contributed by atoms with van der Waals surface area (Å²) in [4.78, 5) is 18.6. The largest absolute Gasteiger partial charge is 0.496 e. The van der Waals surface area contributed by atoms with Crippen molar-refractivity contribution in [3.8, 4) is 28.1 Å². The predicted octanol–water partition coefficient (Wildman–Crippen LogP) is 7.05. The van der Waals surface area contributed by atoms with Crippen LogP contribution in [0.25, 0.3) is 55.1 Å². The smallest absolute Gasteiger partial charge is 0.142 e. The Morgan fingerprint density at radius 1 is 0.907 bits per heavy atom. The molecular formula is C35H38N6O2. The molecule has 8 nitrogen and oxygen atoms in total. The monoisotopic (exact) mass is 574 g/mol. The first-order chi connectivity index (χ1) is 20.8. The van der Waals surface area contributed by atoms with E-state index < -0.39 is 0 Å². The molecule has 220 valence electrons. The number of hydrogen-bond donors (Lipinski definition) is 1. The van der Waals surface area contributed by atoms with Crippen LogP contribution < -0.4 is 4.74 Å². The Labute approximate surface area is 251 Å². The standard InChI is InChI=1S/C35H38N6O2/c1-20(2)41-15-13-40(14-16-41)19-24-11-12-27(26-10-8-7-9-25(24)26)34-33-28-18-31(42-6)29(32-21(3)39-43-22(32)4)17-30(28)38-35(33)37-23(5)36-34/h7-12,17-18,20H,13-16,19H2,1-6H3,(H,36,37,38). The molecule has 0 spiro atoms. The van der Waals surface area contributed by atoms with Crippen molar-refractivity contribution in [1.29, 1.82) is 0 Å². The van der Waals surface area contributed by atoms with Gasteiger partial charge in [-0.05, 0) is 63.1 Å². The zero-order chi connectivity index (χ0) is 29.8. The number of hydrogen-bond acceptors (Lipinski definition) is 7. The highest BCUT2D eigenvalue weighted by molar-refractivity contribution is 6.16. The highest BCUT2D eigenvalue weighted by Gasteiger charge is 2.23. The van der Waals surface area contributed by atoms with Crippen LogP contribution in [0.1, 0.15) is 36.7 Å². The van der Waals surface area contributed by atoms with Crippen molar-refractivity contribution in [1.82, 2.24) is 29.9 Å². The molecule has 1 aliphatic rings. The van der Waals surface area contributed by atoms with Crippen LogP contribution in [-0.2, 0) is 6.54 Å². The van der Waals surface area contributed by atoms with Gasteiger partial charge >= 0.3 is 0 Å².